The number of carbonyl (C=O) groups is 1. The number of carboxylic acids is 1. The maximum absolute atomic E-state index is 10.7. The van der Waals surface area contributed by atoms with E-state index in [1.807, 2.05) is 0 Å². The van der Waals surface area contributed by atoms with Crippen molar-refractivity contribution in [3.8, 4) is 0 Å². The summed E-state index contributed by atoms with van der Waals surface area (Å²) in [7, 11) is 0. The van der Waals surface area contributed by atoms with Gasteiger partial charge in [-0.1, -0.05) is 0 Å². The largest absolute Gasteiger partial charge is 0.481 e. The van der Waals surface area contributed by atoms with Crippen LogP contribution in [0.25, 0.3) is 0 Å². The van der Waals surface area contributed by atoms with Gasteiger partial charge in [-0.25, -0.2) is 0 Å². The number of hydrogen-bond donors (Lipinski definition) is 2. The van der Waals surface area contributed by atoms with E-state index in [9.17, 15) is 4.79 Å². The zero-order chi connectivity index (χ0) is 8.01. The fraction of sp³-hybridized carbons (Fsp3) is 0.875. The summed E-state index contributed by atoms with van der Waals surface area (Å²) in [5, 5.41) is 8.83. The molecule has 2 fully saturated rings. The van der Waals surface area contributed by atoms with Gasteiger partial charge in [0.15, 0.2) is 0 Å². The minimum Gasteiger partial charge on any atom is -0.481 e. The molecule has 0 radical (unpaired) electrons. The van der Waals surface area contributed by atoms with Crippen LogP contribution in [-0.4, -0.2) is 17.1 Å². The normalized spacial score (nSPS) is 48.1. The zero-order valence-corrected chi connectivity index (χ0v) is 6.36. The lowest BCUT2D eigenvalue weighted by atomic mass is 9.85. The van der Waals surface area contributed by atoms with Crippen LogP contribution in [0.15, 0.2) is 0 Å². The Labute approximate surface area is 65.6 Å². The first-order valence-corrected chi connectivity index (χ1v) is 4.18. The van der Waals surface area contributed by atoms with Crippen molar-refractivity contribution in [3.63, 3.8) is 0 Å². The summed E-state index contributed by atoms with van der Waals surface area (Å²) in [6, 6.07) is -0.0637. The maximum atomic E-state index is 10.7. The summed E-state index contributed by atoms with van der Waals surface area (Å²) in [6.45, 7) is 0. The van der Waals surface area contributed by atoms with E-state index in [1.165, 1.54) is 0 Å². The van der Waals surface area contributed by atoms with Crippen LogP contribution in [0.5, 0.6) is 0 Å². The average Bonchev–Trinajstić information content (AvgIpc) is 2.44. The van der Waals surface area contributed by atoms with Crippen LogP contribution < -0.4 is 5.73 Å². The van der Waals surface area contributed by atoms with Gasteiger partial charge >= 0.3 is 5.97 Å². The highest BCUT2D eigenvalue weighted by atomic mass is 16.4. The van der Waals surface area contributed by atoms with Crippen LogP contribution >= 0.6 is 0 Å². The predicted octanol–water partition coefficient (Wildman–Crippen LogP) is 0.444. The summed E-state index contributed by atoms with van der Waals surface area (Å²) in [5.74, 6) is -0.0490. The monoisotopic (exact) mass is 155 g/mol. The maximum Gasteiger partial charge on any atom is 0.308 e. The lowest BCUT2D eigenvalue weighted by molar-refractivity contribution is -0.144. The Morgan fingerprint density at radius 3 is 2.36 bits per heavy atom. The quantitative estimate of drug-likeness (QED) is 0.577. The molecule has 2 aliphatic rings. The first-order chi connectivity index (χ1) is 5.20. The Morgan fingerprint density at radius 1 is 1.36 bits per heavy atom. The van der Waals surface area contributed by atoms with Crippen molar-refractivity contribution in [1.29, 1.82) is 0 Å². The van der Waals surface area contributed by atoms with E-state index in [2.05, 4.69) is 0 Å². The van der Waals surface area contributed by atoms with Crippen LogP contribution in [0.3, 0.4) is 0 Å². The molecule has 0 aromatic rings. The molecule has 0 amide bonds. The molecule has 2 rings (SSSR count). The third-order valence-corrected chi connectivity index (χ3v) is 3.27. The number of hydrogen-bond acceptors (Lipinski definition) is 2. The number of aliphatic carboxylic acids is 1. The Balaban J connectivity index is 2.17. The first-order valence-electron chi connectivity index (χ1n) is 4.18. The van der Waals surface area contributed by atoms with Crippen LogP contribution in [0.2, 0.25) is 0 Å². The van der Waals surface area contributed by atoms with Gasteiger partial charge in [0.2, 0.25) is 0 Å². The van der Waals surface area contributed by atoms with Gasteiger partial charge in [0.1, 0.15) is 0 Å². The fourth-order valence-corrected chi connectivity index (χ4v) is 2.70. The van der Waals surface area contributed by atoms with Gasteiger partial charge < -0.3 is 10.8 Å². The van der Waals surface area contributed by atoms with Gasteiger partial charge in [-0.3, -0.25) is 4.79 Å². The molecule has 11 heavy (non-hydrogen) atoms. The van der Waals surface area contributed by atoms with Gasteiger partial charge in [0.05, 0.1) is 5.92 Å². The van der Waals surface area contributed by atoms with Crippen molar-refractivity contribution in [2.24, 2.45) is 23.5 Å². The van der Waals surface area contributed by atoms with Crippen molar-refractivity contribution >= 4 is 5.97 Å². The standard InChI is InChI=1S/C8H13NO2/c9-7-5-2-1-4(3-5)6(7)8(10)11/h4-7H,1-3,9H2,(H,10,11)/t4-,5+,6+,7-/m1/s1. The molecule has 0 saturated heterocycles. The van der Waals surface area contributed by atoms with Crippen molar-refractivity contribution in [2.45, 2.75) is 25.3 Å². The molecule has 2 bridgehead atoms. The Morgan fingerprint density at radius 2 is 2.00 bits per heavy atom. The molecule has 0 unspecified atom stereocenters. The summed E-state index contributed by atoms with van der Waals surface area (Å²) >= 11 is 0. The summed E-state index contributed by atoms with van der Waals surface area (Å²) in [4.78, 5) is 10.7. The molecule has 0 spiro atoms. The molecule has 0 aliphatic heterocycles. The number of nitrogens with two attached hydrogens (primary N) is 1. The third-order valence-electron chi connectivity index (χ3n) is 3.27. The molecule has 0 aromatic carbocycles. The summed E-state index contributed by atoms with van der Waals surface area (Å²) in [5.41, 5.74) is 5.78. The van der Waals surface area contributed by atoms with Crippen molar-refractivity contribution in [1.82, 2.24) is 0 Å². The Kier molecular flexibility index (Phi) is 1.42. The highest BCUT2D eigenvalue weighted by Gasteiger charge is 2.49. The third kappa shape index (κ3) is 0.872. The average molecular weight is 155 g/mol. The van der Waals surface area contributed by atoms with E-state index in [1.54, 1.807) is 0 Å². The summed E-state index contributed by atoms with van der Waals surface area (Å²) in [6.07, 6.45) is 3.28. The zero-order valence-electron chi connectivity index (χ0n) is 6.36. The topological polar surface area (TPSA) is 63.3 Å². The molecule has 0 heterocycles. The van der Waals surface area contributed by atoms with Crippen LogP contribution in [0.4, 0.5) is 0 Å². The van der Waals surface area contributed by atoms with Crippen LogP contribution in [0, 0.1) is 17.8 Å². The lowest BCUT2D eigenvalue weighted by Gasteiger charge is -2.23. The highest BCUT2D eigenvalue weighted by molar-refractivity contribution is 5.72. The molecule has 2 saturated carbocycles. The fourth-order valence-electron chi connectivity index (χ4n) is 2.70. The van der Waals surface area contributed by atoms with E-state index in [4.69, 9.17) is 10.8 Å². The van der Waals surface area contributed by atoms with E-state index in [0.717, 1.165) is 19.3 Å². The molecular formula is C8H13NO2. The number of carboxylic acid groups (broad SMARTS) is 1. The van der Waals surface area contributed by atoms with Crippen molar-refractivity contribution in [2.75, 3.05) is 0 Å². The van der Waals surface area contributed by atoms with Crippen molar-refractivity contribution < 1.29 is 9.90 Å². The first kappa shape index (κ1) is 7.10. The van der Waals surface area contributed by atoms with E-state index in [0.29, 0.717) is 11.8 Å². The van der Waals surface area contributed by atoms with Gasteiger partial charge in [-0.2, -0.15) is 0 Å². The molecule has 3 nitrogen and oxygen atoms in total. The summed E-state index contributed by atoms with van der Waals surface area (Å²) < 4.78 is 0. The van der Waals surface area contributed by atoms with E-state index >= 15 is 0 Å². The minimum absolute atomic E-state index is 0.0637. The van der Waals surface area contributed by atoms with Gasteiger partial charge in [-0.15, -0.1) is 0 Å². The minimum atomic E-state index is -0.690. The number of rotatable bonds is 1. The lowest BCUT2D eigenvalue weighted by Crippen LogP contribution is -2.40. The highest BCUT2D eigenvalue weighted by Crippen LogP contribution is 2.47. The second kappa shape index (κ2) is 2.21. The SMILES string of the molecule is N[C@@H]1[C@H]2CC[C@H](C2)[C@@H]1C(=O)O. The van der Waals surface area contributed by atoms with Gasteiger partial charge in [0.25, 0.3) is 0 Å². The number of fused-ring (bicyclic) bond motifs is 2. The smallest absolute Gasteiger partial charge is 0.308 e. The molecular weight excluding hydrogens is 142 g/mol. The molecule has 4 atom stereocenters. The predicted molar refractivity (Wildman–Crippen MR) is 39.9 cm³/mol. The van der Waals surface area contributed by atoms with Gasteiger partial charge in [0, 0.05) is 6.04 Å². The molecule has 3 heteroatoms. The molecule has 0 aromatic heterocycles. The Hall–Kier alpha value is -0.570. The molecule has 62 valence electrons. The molecule has 2 aliphatic carbocycles. The van der Waals surface area contributed by atoms with Crippen molar-refractivity contribution in [3.05, 3.63) is 0 Å². The second-order valence-electron chi connectivity index (χ2n) is 3.77. The van der Waals surface area contributed by atoms with E-state index < -0.39 is 5.97 Å². The van der Waals surface area contributed by atoms with E-state index in [-0.39, 0.29) is 12.0 Å². The van der Waals surface area contributed by atoms with Crippen LogP contribution in [0.1, 0.15) is 19.3 Å². The Bertz CT molecular complexity index is 191. The molecule has 3 N–H and O–H groups in total. The van der Waals surface area contributed by atoms with Crippen LogP contribution in [-0.2, 0) is 4.79 Å². The van der Waals surface area contributed by atoms with Gasteiger partial charge in [-0.05, 0) is 31.1 Å². The second-order valence-corrected chi connectivity index (χ2v) is 3.77.